The van der Waals surface area contributed by atoms with Gasteiger partial charge in [-0.3, -0.25) is 0 Å². The second-order valence-electron chi connectivity index (χ2n) is 4.01. The van der Waals surface area contributed by atoms with Gasteiger partial charge in [-0.05, 0) is 19.3 Å². The molecule has 1 aliphatic rings. The quantitative estimate of drug-likeness (QED) is 0.717. The molecule has 0 aromatic carbocycles. The summed E-state index contributed by atoms with van der Waals surface area (Å²) >= 11 is 0. The summed E-state index contributed by atoms with van der Waals surface area (Å²) in [6.07, 6.45) is 1.08. The fourth-order valence-corrected chi connectivity index (χ4v) is 2.22. The molecule has 3 unspecified atom stereocenters. The van der Waals surface area contributed by atoms with Crippen molar-refractivity contribution in [1.82, 2.24) is 0 Å². The van der Waals surface area contributed by atoms with E-state index in [-0.39, 0.29) is 18.1 Å². The highest BCUT2D eigenvalue weighted by atomic mass is 16.5. The number of hydrogen-bond donors (Lipinski definition) is 1. The first-order valence-corrected chi connectivity index (χ1v) is 4.88. The summed E-state index contributed by atoms with van der Waals surface area (Å²) < 4.78 is 10.6. The monoisotopic (exact) mass is 188 g/mol. The molecule has 1 saturated heterocycles. The van der Waals surface area contributed by atoms with Crippen LogP contribution in [0.5, 0.6) is 0 Å². The molecule has 78 valence electrons. The molecule has 1 aliphatic heterocycles. The Kier molecular flexibility index (Phi) is 3.71. The van der Waals surface area contributed by atoms with Crippen molar-refractivity contribution >= 4 is 0 Å². The Hall–Kier alpha value is -0.120. The summed E-state index contributed by atoms with van der Waals surface area (Å²) in [7, 11) is 1.70. The maximum atomic E-state index is 9.45. The van der Waals surface area contributed by atoms with Gasteiger partial charge in [0.15, 0.2) is 0 Å². The molecule has 0 aromatic heterocycles. The molecule has 1 heterocycles. The van der Waals surface area contributed by atoms with Crippen LogP contribution in [0, 0.1) is 11.3 Å². The molecule has 1 fully saturated rings. The maximum Gasteiger partial charge on any atom is 0.0629 e. The molecule has 0 bridgehead atoms. The summed E-state index contributed by atoms with van der Waals surface area (Å²) in [5.74, 6) is 0.347. The van der Waals surface area contributed by atoms with Crippen molar-refractivity contribution in [2.24, 2.45) is 11.3 Å². The van der Waals surface area contributed by atoms with Gasteiger partial charge >= 0.3 is 0 Å². The SMILES string of the molecule is COCC(C)C1(CO)CCOC1C. The Bertz CT molecular complexity index is 160. The summed E-state index contributed by atoms with van der Waals surface area (Å²) in [5.41, 5.74) is -0.0873. The minimum atomic E-state index is -0.0873. The number of methoxy groups -OCH3 is 1. The van der Waals surface area contributed by atoms with E-state index in [2.05, 4.69) is 6.92 Å². The summed E-state index contributed by atoms with van der Waals surface area (Å²) in [5, 5.41) is 9.45. The van der Waals surface area contributed by atoms with Crippen molar-refractivity contribution in [2.75, 3.05) is 26.9 Å². The number of ether oxygens (including phenoxy) is 2. The van der Waals surface area contributed by atoms with Gasteiger partial charge in [-0.15, -0.1) is 0 Å². The van der Waals surface area contributed by atoms with E-state index >= 15 is 0 Å². The second kappa shape index (κ2) is 4.40. The van der Waals surface area contributed by atoms with Crippen molar-refractivity contribution in [2.45, 2.75) is 26.4 Å². The van der Waals surface area contributed by atoms with Gasteiger partial charge in [-0.2, -0.15) is 0 Å². The van der Waals surface area contributed by atoms with Crippen LogP contribution in [0.2, 0.25) is 0 Å². The molecule has 3 nitrogen and oxygen atoms in total. The molecule has 0 aromatic rings. The third-order valence-corrected chi connectivity index (χ3v) is 3.44. The fourth-order valence-electron chi connectivity index (χ4n) is 2.22. The number of hydrogen-bond acceptors (Lipinski definition) is 3. The van der Waals surface area contributed by atoms with E-state index in [0.29, 0.717) is 12.5 Å². The first-order chi connectivity index (χ1) is 6.17. The highest BCUT2D eigenvalue weighted by Crippen LogP contribution is 2.41. The molecule has 0 saturated carbocycles. The van der Waals surface area contributed by atoms with Gasteiger partial charge in [0.2, 0.25) is 0 Å². The van der Waals surface area contributed by atoms with Gasteiger partial charge in [0, 0.05) is 25.7 Å². The molecule has 3 atom stereocenters. The van der Waals surface area contributed by atoms with Gasteiger partial charge in [0.25, 0.3) is 0 Å². The van der Waals surface area contributed by atoms with Crippen LogP contribution in [-0.4, -0.2) is 38.1 Å². The number of aliphatic hydroxyl groups is 1. The predicted octanol–water partition coefficient (Wildman–Crippen LogP) is 1.06. The topological polar surface area (TPSA) is 38.7 Å². The number of rotatable bonds is 4. The van der Waals surface area contributed by atoms with Gasteiger partial charge in [0.05, 0.1) is 12.7 Å². The van der Waals surface area contributed by atoms with E-state index < -0.39 is 0 Å². The molecular weight excluding hydrogens is 168 g/mol. The third-order valence-electron chi connectivity index (χ3n) is 3.44. The number of aliphatic hydroxyl groups excluding tert-OH is 1. The van der Waals surface area contributed by atoms with Crippen molar-refractivity contribution in [3.05, 3.63) is 0 Å². The largest absolute Gasteiger partial charge is 0.396 e. The van der Waals surface area contributed by atoms with Crippen molar-refractivity contribution in [3.63, 3.8) is 0 Å². The molecular formula is C10H20O3. The Morgan fingerprint density at radius 2 is 2.38 bits per heavy atom. The minimum Gasteiger partial charge on any atom is -0.396 e. The Labute approximate surface area is 80.0 Å². The molecule has 0 radical (unpaired) electrons. The van der Waals surface area contributed by atoms with Gasteiger partial charge in [-0.1, -0.05) is 6.92 Å². The zero-order chi connectivity index (χ0) is 9.90. The average Bonchev–Trinajstić information content (AvgIpc) is 2.48. The summed E-state index contributed by atoms with van der Waals surface area (Å²) in [6, 6.07) is 0. The Balaban J connectivity index is 2.67. The van der Waals surface area contributed by atoms with Crippen molar-refractivity contribution < 1.29 is 14.6 Å². The van der Waals surface area contributed by atoms with Gasteiger partial charge in [-0.25, -0.2) is 0 Å². The van der Waals surface area contributed by atoms with Crippen LogP contribution >= 0.6 is 0 Å². The highest BCUT2D eigenvalue weighted by molar-refractivity contribution is 4.92. The Morgan fingerprint density at radius 1 is 1.69 bits per heavy atom. The minimum absolute atomic E-state index is 0.0873. The van der Waals surface area contributed by atoms with Crippen LogP contribution in [0.4, 0.5) is 0 Å². The molecule has 1 N–H and O–H groups in total. The van der Waals surface area contributed by atoms with Crippen molar-refractivity contribution in [1.29, 1.82) is 0 Å². The van der Waals surface area contributed by atoms with Gasteiger partial charge < -0.3 is 14.6 Å². The average molecular weight is 188 g/mol. The third kappa shape index (κ3) is 1.87. The summed E-state index contributed by atoms with van der Waals surface area (Å²) in [4.78, 5) is 0. The van der Waals surface area contributed by atoms with Crippen molar-refractivity contribution in [3.8, 4) is 0 Å². The first-order valence-electron chi connectivity index (χ1n) is 4.88. The fraction of sp³-hybridized carbons (Fsp3) is 1.00. The summed E-state index contributed by atoms with van der Waals surface area (Å²) in [6.45, 7) is 5.79. The Morgan fingerprint density at radius 3 is 2.77 bits per heavy atom. The molecule has 1 rings (SSSR count). The second-order valence-corrected chi connectivity index (χ2v) is 4.01. The van der Waals surface area contributed by atoms with E-state index in [9.17, 15) is 5.11 Å². The normalized spacial score (nSPS) is 36.5. The standard InChI is InChI=1S/C10H20O3/c1-8(6-12-3)10(7-11)4-5-13-9(10)2/h8-9,11H,4-7H2,1-3H3. The van der Waals surface area contributed by atoms with E-state index in [0.717, 1.165) is 13.0 Å². The zero-order valence-electron chi connectivity index (χ0n) is 8.75. The molecule has 3 heteroatoms. The van der Waals surface area contributed by atoms with Crippen LogP contribution in [0.25, 0.3) is 0 Å². The first kappa shape index (κ1) is 11.0. The molecule has 0 amide bonds. The van der Waals surface area contributed by atoms with Crippen LogP contribution in [0.15, 0.2) is 0 Å². The lowest BCUT2D eigenvalue weighted by atomic mass is 9.72. The van der Waals surface area contributed by atoms with Gasteiger partial charge in [0.1, 0.15) is 0 Å². The predicted molar refractivity (Wildman–Crippen MR) is 50.6 cm³/mol. The zero-order valence-corrected chi connectivity index (χ0v) is 8.75. The van der Waals surface area contributed by atoms with E-state index in [1.165, 1.54) is 0 Å². The molecule has 0 spiro atoms. The van der Waals surface area contributed by atoms with E-state index in [1.54, 1.807) is 7.11 Å². The lowest BCUT2D eigenvalue weighted by Gasteiger charge is -2.35. The molecule has 13 heavy (non-hydrogen) atoms. The smallest absolute Gasteiger partial charge is 0.0629 e. The lowest BCUT2D eigenvalue weighted by Crippen LogP contribution is -2.40. The van der Waals surface area contributed by atoms with Crippen LogP contribution < -0.4 is 0 Å². The van der Waals surface area contributed by atoms with Crippen LogP contribution in [-0.2, 0) is 9.47 Å². The maximum absolute atomic E-state index is 9.45. The van der Waals surface area contributed by atoms with Crippen LogP contribution in [0.3, 0.4) is 0 Å². The van der Waals surface area contributed by atoms with E-state index in [4.69, 9.17) is 9.47 Å². The van der Waals surface area contributed by atoms with Crippen LogP contribution in [0.1, 0.15) is 20.3 Å². The van der Waals surface area contributed by atoms with E-state index in [1.807, 2.05) is 6.92 Å². The molecule has 0 aliphatic carbocycles. The highest BCUT2D eigenvalue weighted by Gasteiger charge is 2.45. The lowest BCUT2D eigenvalue weighted by molar-refractivity contribution is -0.0299.